The van der Waals surface area contributed by atoms with Crippen molar-refractivity contribution in [2.45, 2.75) is 51.3 Å². The zero-order chi connectivity index (χ0) is 18.2. The van der Waals surface area contributed by atoms with Crippen LogP contribution >= 0.6 is 0 Å². The van der Waals surface area contributed by atoms with E-state index in [0.29, 0.717) is 6.54 Å². The Bertz CT molecular complexity index is 564. The number of nitrogens with one attached hydrogen (secondary N) is 2. The van der Waals surface area contributed by atoms with E-state index in [2.05, 4.69) is 17.6 Å². The third-order valence-corrected chi connectivity index (χ3v) is 4.71. The quantitative estimate of drug-likeness (QED) is 0.830. The predicted molar refractivity (Wildman–Crippen MR) is 97.2 cm³/mol. The average molecular weight is 347 g/mol. The lowest BCUT2D eigenvalue weighted by atomic mass is 10.0. The summed E-state index contributed by atoms with van der Waals surface area (Å²) in [5.74, 6) is -0.0197. The fraction of sp³-hybridized carbons (Fsp3) is 0.579. The lowest BCUT2D eigenvalue weighted by Crippen LogP contribution is -2.53. The minimum Gasteiger partial charge on any atom is -0.375 e. The molecule has 2 rings (SSSR count). The van der Waals surface area contributed by atoms with E-state index < -0.39 is 6.04 Å². The number of urea groups is 1. The summed E-state index contributed by atoms with van der Waals surface area (Å²) in [5.41, 5.74) is 0.997. The molecule has 1 aromatic carbocycles. The highest BCUT2D eigenvalue weighted by Gasteiger charge is 2.27. The van der Waals surface area contributed by atoms with E-state index in [1.165, 1.54) is 0 Å². The number of benzene rings is 1. The molecule has 0 spiro atoms. The molecule has 1 fully saturated rings. The molecule has 0 aromatic heterocycles. The van der Waals surface area contributed by atoms with Crippen LogP contribution in [0.1, 0.15) is 44.8 Å². The summed E-state index contributed by atoms with van der Waals surface area (Å²) in [4.78, 5) is 26.5. The fourth-order valence-electron chi connectivity index (χ4n) is 3.17. The Morgan fingerprint density at radius 1 is 1.28 bits per heavy atom. The van der Waals surface area contributed by atoms with Crippen molar-refractivity contribution in [3.63, 3.8) is 0 Å². The Balaban J connectivity index is 1.81. The van der Waals surface area contributed by atoms with E-state index >= 15 is 0 Å². The molecule has 1 aromatic rings. The number of ether oxygens (including phenoxy) is 1. The first-order valence-electron chi connectivity index (χ1n) is 8.95. The molecule has 3 atom stereocenters. The molecule has 3 amide bonds. The molecule has 1 aliphatic heterocycles. The van der Waals surface area contributed by atoms with Gasteiger partial charge in [0.1, 0.15) is 6.04 Å². The second-order valence-electron chi connectivity index (χ2n) is 6.59. The lowest BCUT2D eigenvalue weighted by molar-refractivity contribution is -0.136. The summed E-state index contributed by atoms with van der Waals surface area (Å²) in [7, 11) is 1.61. The first-order valence-corrected chi connectivity index (χ1v) is 8.95. The average Bonchev–Trinajstić information content (AvgIpc) is 2.63. The summed E-state index contributed by atoms with van der Waals surface area (Å²) in [6.07, 6.45) is 2.99. The summed E-state index contributed by atoms with van der Waals surface area (Å²) in [6.45, 7) is 4.90. The predicted octanol–water partition coefficient (Wildman–Crippen LogP) is 2.46. The smallest absolute Gasteiger partial charge is 0.315 e. The van der Waals surface area contributed by atoms with Crippen molar-refractivity contribution in [3.8, 4) is 0 Å². The molecule has 25 heavy (non-hydrogen) atoms. The second-order valence-corrected chi connectivity index (χ2v) is 6.59. The van der Waals surface area contributed by atoms with Crippen molar-refractivity contribution in [2.75, 3.05) is 20.2 Å². The molecular weight excluding hydrogens is 318 g/mol. The molecule has 6 heteroatoms. The Morgan fingerprint density at radius 2 is 2.00 bits per heavy atom. The van der Waals surface area contributed by atoms with Gasteiger partial charge >= 0.3 is 6.03 Å². The van der Waals surface area contributed by atoms with Gasteiger partial charge in [0.05, 0.1) is 6.10 Å². The molecule has 0 radical (unpaired) electrons. The maximum absolute atomic E-state index is 12.5. The summed E-state index contributed by atoms with van der Waals surface area (Å²) in [6, 6.07) is 9.05. The van der Waals surface area contributed by atoms with Gasteiger partial charge in [-0.2, -0.15) is 0 Å². The van der Waals surface area contributed by atoms with Gasteiger partial charge in [-0.15, -0.1) is 0 Å². The zero-order valence-corrected chi connectivity index (χ0v) is 15.3. The van der Waals surface area contributed by atoms with E-state index in [1.54, 1.807) is 14.0 Å². The van der Waals surface area contributed by atoms with E-state index in [4.69, 9.17) is 4.74 Å². The second kappa shape index (κ2) is 9.42. The molecule has 0 aliphatic carbocycles. The van der Waals surface area contributed by atoms with Gasteiger partial charge in [-0.25, -0.2) is 4.79 Å². The number of amides is 3. The monoisotopic (exact) mass is 347 g/mol. The number of carbonyl (C=O) groups excluding carboxylic acids is 2. The maximum atomic E-state index is 12.5. The van der Waals surface area contributed by atoms with Crippen LogP contribution in [0.3, 0.4) is 0 Å². The van der Waals surface area contributed by atoms with Crippen LogP contribution in [0.2, 0.25) is 0 Å². The van der Waals surface area contributed by atoms with Crippen molar-refractivity contribution >= 4 is 11.9 Å². The molecule has 1 heterocycles. The van der Waals surface area contributed by atoms with E-state index in [1.807, 2.05) is 35.2 Å². The van der Waals surface area contributed by atoms with Crippen molar-refractivity contribution < 1.29 is 14.3 Å². The molecule has 0 bridgehead atoms. The molecule has 6 nitrogen and oxygen atoms in total. The number of nitrogens with zero attached hydrogens (tertiary/aromatic N) is 1. The highest BCUT2D eigenvalue weighted by molar-refractivity contribution is 5.87. The number of hydrogen-bond donors (Lipinski definition) is 2. The summed E-state index contributed by atoms with van der Waals surface area (Å²) >= 11 is 0. The number of carbonyl (C=O) groups is 2. The third-order valence-electron chi connectivity index (χ3n) is 4.71. The molecule has 1 aliphatic rings. The molecule has 2 N–H and O–H groups in total. The number of hydrogen-bond acceptors (Lipinski definition) is 3. The van der Waals surface area contributed by atoms with Crippen molar-refractivity contribution in [3.05, 3.63) is 35.9 Å². The van der Waals surface area contributed by atoms with Crippen molar-refractivity contribution in [2.24, 2.45) is 0 Å². The highest BCUT2D eigenvalue weighted by atomic mass is 16.5. The van der Waals surface area contributed by atoms with Gasteiger partial charge < -0.3 is 20.3 Å². The van der Waals surface area contributed by atoms with Gasteiger partial charge in [0.15, 0.2) is 0 Å². The Labute approximate surface area is 149 Å². The minimum atomic E-state index is -0.543. The number of likely N-dealkylation sites (tertiary alicyclic amines) is 1. The van der Waals surface area contributed by atoms with Crippen LogP contribution in [0.5, 0.6) is 0 Å². The summed E-state index contributed by atoms with van der Waals surface area (Å²) < 4.78 is 5.43. The number of rotatable bonds is 6. The molecule has 0 saturated carbocycles. The van der Waals surface area contributed by atoms with Crippen LogP contribution in [0.25, 0.3) is 0 Å². The Kier molecular flexibility index (Phi) is 7.25. The van der Waals surface area contributed by atoms with Crippen LogP contribution in [-0.4, -0.2) is 49.1 Å². The SMILES string of the molecule is COC(CNC(=O)NC(C)C(=O)N1CCCCC1C)c1ccccc1. The van der Waals surface area contributed by atoms with Crippen LogP contribution in [-0.2, 0) is 9.53 Å². The van der Waals surface area contributed by atoms with Crippen LogP contribution in [0.15, 0.2) is 30.3 Å². The molecule has 3 unspecified atom stereocenters. The largest absolute Gasteiger partial charge is 0.375 e. The third kappa shape index (κ3) is 5.46. The topological polar surface area (TPSA) is 70.7 Å². The van der Waals surface area contributed by atoms with E-state index in [0.717, 1.165) is 31.4 Å². The van der Waals surface area contributed by atoms with E-state index in [9.17, 15) is 9.59 Å². The van der Waals surface area contributed by atoms with E-state index in [-0.39, 0.29) is 24.1 Å². The fourth-order valence-corrected chi connectivity index (χ4v) is 3.17. The zero-order valence-electron chi connectivity index (χ0n) is 15.3. The molecule has 1 saturated heterocycles. The normalized spacial score (nSPS) is 19.8. The van der Waals surface area contributed by atoms with Gasteiger partial charge in [0, 0.05) is 26.2 Å². The van der Waals surface area contributed by atoms with Gasteiger partial charge in [-0.3, -0.25) is 4.79 Å². The van der Waals surface area contributed by atoms with Crippen molar-refractivity contribution in [1.82, 2.24) is 15.5 Å². The minimum absolute atomic E-state index is 0.0197. The van der Waals surface area contributed by atoms with Gasteiger partial charge in [-0.05, 0) is 38.7 Å². The molecular formula is C19H29N3O3. The van der Waals surface area contributed by atoms with Crippen LogP contribution < -0.4 is 10.6 Å². The first-order chi connectivity index (χ1) is 12.0. The number of piperidine rings is 1. The highest BCUT2D eigenvalue weighted by Crippen LogP contribution is 2.17. The maximum Gasteiger partial charge on any atom is 0.315 e. The van der Waals surface area contributed by atoms with Gasteiger partial charge in [0.25, 0.3) is 0 Å². The number of methoxy groups -OCH3 is 1. The van der Waals surface area contributed by atoms with Gasteiger partial charge in [-0.1, -0.05) is 30.3 Å². The summed E-state index contributed by atoms with van der Waals surface area (Å²) in [5, 5.41) is 5.52. The van der Waals surface area contributed by atoms with Crippen molar-refractivity contribution in [1.29, 1.82) is 0 Å². The first kappa shape index (κ1) is 19.2. The standard InChI is InChI=1S/C19H29N3O3/c1-14-9-7-8-12-22(14)18(23)15(2)21-19(24)20-13-17(25-3)16-10-5-4-6-11-16/h4-6,10-11,14-15,17H,7-9,12-13H2,1-3H3,(H2,20,21,24). The van der Waals surface area contributed by atoms with Crippen LogP contribution in [0, 0.1) is 0 Å². The lowest BCUT2D eigenvalue weighted by Gasteiger charge is -2.35. The Hall–Kier alpha value is -2.08. The van der Waals surface area contributed by atoms with Crippen LogP contribution in [0.4, 0.5) is 4.79 Å². The molecule has 138 valence electrons. The Morgan fingerprint density at radius 3 is 2.64 bits per heavy atom. The van der Waals surface area contributed by atoms with Gasteiger partial charge in [0.2, 0.25) is 5.91 Å².